The maximum Gasteiger partial charge on any atom is 0.322 e. The summed E-state index contributed by atoms with van der Waals surface area (Å²) < 4.78 is 0. The van der Waals surface area contributed by atoms with Crippen LogP contribution >= 0.6 is 0 Å². The quantitative estimate of drug-likeness (QED) is 0.698. The first-order chi connectivity index (χ1) is 10.2. The van der Waals surface area contributed by atoms with Gasteiger partial charge in [0.25, 0.3) is 5.91 Å². The molecule has 1 aromatic carbocycles. The lowest BCUT2D eigenvalue weighted by molar-refractivity contribution is -0.120. The minimum Gasteiger partial charge on any atom is -0.326 e. The number of nitrogens with zero attached hydrogens (tertiary/aromatic N) is 2. The summed E-state index contributed by atoms with van der Waals surface area (Å²) in [5.74, 6) is 1.14. The third kappa shape index (κ3) is 3.25. The number of hydrogen-bond donors (Lipinski definition) is 3. The van der Waals surface area contributed by atoms with Crippen molar-refractivity contribution in [2.45, 2.75) is 25.3 Å². The maximum atomic E-state index is 11.4. The van der Waals surface area contributed by atoms with Crippen LogP contribution in [0.3, 0.4) is 0 Å². The number of amides is 3. The molecule has 3 amide bonds. The molecule has 0 aliphatic carbocycles. The van der Waals surface area contributed by atoms with Crippen molar-refractivity contribution in [2.24, 2.45) is 0 Å². The van der Waals surface area contributed by atoms with E-state index in [0.29, 0.717) is 25.1 Å². The highest BCUT2D eigenvalue weighted by molar-refractivity contribution is 6.04. The molecule has 2 heterocycles. The number of nitrogens with one attached hydrogen (secondary N) is 3. The fraction of sp³-hybridized carbons (Fsp3) is 0.286. The number of urea groups is 1. The Morgan fingerprint density at radius 1 is 1.14 bits per heavy atom. The van der Waals surface area contributed by atoms with E-state index in [1.165, 1.54) is 0 Å². The highest BCUT2D eigenvalue weighted by Crippen LogP contribution is 2.07. The molecule has 1 saturated heterocycles. The summed E-state index contributed by atoms with van der Waals surface area (Å²) in [6.07, 6.45) is 1.71. The maximum absolute atomic E-state index is 11.4. The molecule has 0 spiro atoms. The van der Waals surface area contributed by atoms with E-state index in [-0.39, 0.29) is 5.91 Å². The minimum atomic E-state index is -0.492. The zero-order valence-electron chi connectivity index (χ0n) is 11.3. The molecule has 3 rings (SSSR count). The molecule has 7 heteroatoms. The lowest BCUT2D eigenvalue weighted by atomic mass is 10.1. The van der Waals surface area contributed by atoms with Gasteiger partial charge in [-0.05, 0) is 12.0 Å². The number of aromatic amines is 1. The molecule has 1 aliphatic rings. The average Bonchev–Trinajstić information content (AvgIpc) is 3.04. The van der Waals surface area contributed by atoms with Gasteiger partial charge < -0.3 is 5.32 Å². The first-order valence-corrected chi connectivity index (χ1v) is 6.76. The predicted octanol–water partition coefficient (Wildman–Crippen LogP) is 0.536. The van der Waals surface area contributed by atoms with Crippen LogP contribution in [0.15, 0.2) is 30.3 Å². The van der Waals surface area contributed by atoms with E-state index < -0.39 is 12.1 Å². The van der Waals surface area contributed by atoms with Crippen LogP contribution in [-0.2, 0) is 17.6 Å². The van der Waals surface area contributed by atoms with Crippen LogP contribution in [-0.4, -0.2) is 33.2 Å². The van der Waals surface area contributed by atoms with Crippen LogP contribution in [0.5, 0.6) is 0 Å². The van der Waals surface area contributed by atoms with Gasteiger partial charge in [0.15, 0.2) is 5.82 Å². The summed E-state index contributed by atoms with van der Waals surface area (Å²) in [5, 5.41) is 11.8. The number of benzene rings is 1. The molecule has 0 radical (unpaired) electrons. The predicted molar refractivity (Wildman–Crippen MR) is 74.4 cm³/mol. The summed E-state index contributed by atoms with van der Waals surface area (Å²) in [6, 6.07) is 9.05. The Kier molecular flexibility index (Phi) is 3.63. The largest absolute Gasteiger partial charge is 0.326 e. The van der Waals surface area contributed by atoms with E-state index >= 15 is 0 Å². The Balaban J connectivity index is 1.56. The molecule has 7 nitrogen and oxygen atoms in total. The van der Waals surface area contributed by atoms with Gasteiger partial charge in [-0.15, -0.1) is 0 Å². The van der Waals surface area contributed by atoms with Crippen molar-refractivity contribution in [2.75, 3.05) is 0 Å². The molecule has 108 valence electrons. The van der Waals surface area contributed by atoms with E-state index in [0.717, 1.165) is 11.4 Å². The number of imide groups is 1. The number of carbonyl (C=O) groups excluding carboxylic acids is 2. The number of rotatable bonds is 5. The lowest BCUT2D eigenvalue weighted by Gasteiger charge is -2.03. The molecule has 0 bridgehead atoms. The zero-order chi connectivity index (χ0) is 14.7. The summed E-state index contributed by atoms with van der Waals surface area (Å²) in [7, 11) is 0. The summed E-state index contributed by atoms with van der Waals surface area (Å²) in [6.45, 7) is 0. The monoisotopic (exact) mass is 285 g/mol. The van der Waals surface area contributed by atoms with Gasteiger partial charge in [-0.3, -0.25) is 15.2 Å². The fourth-order valence-corrected chi connectivity index (χ4v) is 2.25. The lowest BCUT2D eigenvalue weighted by Crippen LogP contribution is -2.29. The second kappa shape index (κ2) is 5.74. The smallest absolute Gasteiger partial charge is 0.322 e. The number of aryl methyl sites for hydroxylation is 1. The van der Waals surface area contributed by atoms with Gasteiger partial charge in [-0.2, -0.15) is 5.10 Å². The molecule has 0 unspecified atom stereocenters. The minimum absolute atomic E-state index is 0.292. The Labute approximate surface area is 121 Å². The van der Waals surface area contributed by atoms with Crippen molar-refractivity contribution >= 4 is 11.9 Å². The Hall–Kier alpha value is -2.70. The molecule has 1 fully saturated rings. The standard InChI is InChI=1S/C14H15N5O2/c20-13-10(15-14(21)17-13)6-7-11-16-12(19-18-11)8-9-4-2-1-3-5-9/h1-5,10H,6-8H2,(H,16,18,19)(H2,15,17,20,21)/t10-/m1/s1. The fourth-order valence-electron chi connectivity index (χ4n) is 2.25. The number of H-pyrrole nitrogens is 1. The van der Waals surface area contributed by atoms with Gasteiger partial charge >= 0.3 is 6.03 Å². The van der Waals surface area contributed by atoms with Crippen molar-refractivity contribution in [3.05, 3.63) is 47.5 Å². The van der Waals surface area contributed by atoms with Crippen LogP contribution in [0, 0.1) is 0 Å². The van der Waals surface area contributed by atoms with E-state index in [1.54, 1.807) is 0 Å². The number of carbonyl (C=O) groups is 2. The second-order valence-electron chi connectivity index (χ2n) is 4.91. The van der Waals surface area contributed by atoms with E-state index in [4.69, 9.17) is 0 Å². The van der Waals surface area contributed by atoms with Crippen molar-refractivity contribution in [1.29, 1.82) is 0 Å². The van der Waals surface area contributed by atoms with Gasteiger partial charge in [0.05, 0.1) is 0 Å². The average molecular weight is 285 g/mol. The van der Waals surface area contributed by atoms with Crippen LogP contribution in [0.25, 0.3) is 0 Å². The van der Waals surface area contributed by atoms with Crippen molar-refractivity contribution < 1.29 is 9.59 Å². The molecule has 3 N–H and O–H groups in total. The van der Waals surface area contributed by atoms with Gasteiger partial charge in [0, 0.05) is 12.8 Å². The van der Waals surface area contributed by atoms with Crippen LogP contribution in [0.4, 0.5) is 4.79 Å². The Morgan fingerprint density at radius 3 is 2.67 bits per heavy atom. The van der Waals surface area contributed by atoms with E-state index in [9.17, 15) is 9.59 Å². The van der Waals surface area contributed by atoms with Crippen molar-refractivity contribution in [1.82, 2.24) is 25.8 Å². The molecule has 21 heavy (non-hydrogen) atoms. The first-order valence-electron chi connectivity index (χ1n) is 6.76. The summed E-state index contributed by atoms with van der Waals surface area (Å²) in [4.78, 5) is 26.8. The normalized spacial score (nSPS) is 17.6. The number of hydrogen-bond acceptors (Lipinski definition) is 4. The Bertz CT molecular complexity index is 652. The zero-order valence-corrected chi connectivity index (χ0v) is 11.3. The molecular formula is C14H15N5O2. The van der Waals surface area contributed by atoms with Crippen molar-refractivity contribution in [3.8, 4) is 0 Å². The second-order valence-corrected chi connectivity index (χ2v) is 4.91. The highest BCUT2D eigenvalue weighted by atomic mass is 16.2. The van der Waals surface area contributed by atoms with Crippen LogP contribution < -0.4 is 10.6 Å². The molecule has 1 aliphatic heterocycles. The topological polar surface area (TPSA) is 99.8 Å². The summed E-state index contributed by atoms with van der Waals surface area (Å²) >= 11 is 0. The third-order valence-corrected chi connectivity index (χ3v) is 3.31. The third-order valence-electron chi connectivity index (χ3n) is 3.31. The Morgan fingerprint density at radius 2 is 1.95 bits per heavy atom. The summed E-state index contributed by atoms with van der Waals surface area (Å²) in [5.41, 5.74) is 1.16. The molecular weight excluding hydrogens is 270 g/mol. The van der Waals surface area contributed by atoms with Crippen LogP contribution in [0.2, 0.25) is 0 Å². The van der Waals surface area contributed by atoms with Gasteiger partial charge in [0.2, 0.25) is 0 Å². The number of aromatic nitrogens is 3. The molecule has 0 saturated carbocycles. The highest BCUT2D eigenvalue weighted by Gasteiger charge is 2.29. The van der Waals surface area contributed by atoms with Gasteiger partial charge in [-0.25, -0.2) is 9.78 Å². The van der Waals surface area contributed by atoms with Gasteiger partial charge in [0.1, 0.15) is 11.9 Å². The van der Waals surface area contributed by atoms with Crippen molar-refractivity contribution in [3.63, 3.8) is 0 Å². The van der Waals surface area contributed by atoms with Gasteiger partial charge in [-0.1, -0.05) is 30.3 Å². The SMILES string of the molecule is O=C1NC(=O)[C@@H](CCc2n[nH]c(Cc3ccccc3)n2)N1. The first kappa shape index (κ1) is 13.3. The van der Waals surface area contributed by atoms with E-state index in [1.807, 2.05) is 30.3 Å². The molecule has 1 aromatic heterocycles. The van der Waals surface area contributed by atoms with E-state index in [2.05, 4.69) is 25.8 Å². The molecule has 1 atom stereocenters. The molecule has 2 aromatic rings. The van der Waals surface area contributed by atoms with Crippen LogP contribution in [0.1, 0.15) is 23.6 Å².